The summed E-state index contributed by atoms with van der Waals surface area (Å²) in [6, 6.07) is 9.68. The van der Waals surface area contributed by atoms with Gasteiger partial charge < -0.3 is 10.0 Å². The Bertz CT molecular complexity index is 357. The molecular weight excluding hydrogens is 186 g/mol. The predicted molar refractivity (Wildman–Crippen MR) is 62.5 cm³/mol. The summed E-state index contributed by atoms with van der Waals surface area (Å²) in [5, 5.41) is 9.93. The molecule has 0 aliphatic heterocycles. The van der Waals surface area contributed by atoms with Gasteiger partial charge in [-0.1, -0.05) is 30.0 Å². The first kappa shape index (κ1) is 11.8. The van der Waals surface area contributed by atoms with Crippen molar-refractivity contribution in [2.24, 2.45) is 0 Å². The van der Waals surface area contributed by atoms with Gasteiger partial charge in [-0.3, -0.25) is 0 Å². The molecule has 2 nitrogen and oxygen atoms in total. The highest BCUT2D eigenvalue weighted by Gasteiger charge is 2.17. The van der Waals surface area contributed by atoms with Crippen molar-refractivity contribution >= 4 is 0 Å². The maximum Gasteiger partial charge on any atom is 0.135 e. The number of hydrogen-bond donors (Lipinski definition) is 1. The van der Waals surface area contributed by atoms with E-state index >= 15 is 0 Å². The number of likely N-dealkylation sites (N-methyl/N-ethyl adjacent to an activating group) is 1. The lowest BCUT2D eigenvalue weighted by Gasteiger charge is -2.20. The van der Waals surface area contributed by atoms with E-state index in [-0.39, 0.29) is 0 Å². The van der Waals surface area contributed by atoms with Crippen LogP contribution < -0.4 is 0 Å². The topological polar surface area (TPSA) is 23.5 Å². The van der Waals surface area contributed by atoms with Crippen LogP contribution in [-0.4, -0.2) is 36.2 Å². The van der Waals surface area contributed by atoms with E-state index in [1.165, 1.54) is 0 Å². The van der Waals surface area contributed by atoms with Crippen molar-refractivity contribution in [1.29, 1.82) is 0 Å². The summed E-state index contributed by atoms with van der Waals surface area (Å²) in [7, 11) is 3.83. The molecule has 1 rings (SSSR count). The quantitative estimate of drug-likeness (QED) is 0.733. The van der Waals surface area contributed by atoms with Gasteiger partial charge >= 0.3 is 0 Å². The van der Waals surface area contributed by atoms with E-state index in [9.17, 15) is 5.11 Å². The number of aliphatic hydroxyl groups is 1. The molecule has 1 aromatic rings. The Morgan fingerprint density at radius 1 is 1.27 bits per heavy atom. The van der Waals surface area contributed by atoms with E-state index in [0.29, 0.717) is 6.54 Å². The van der Waals surface area contributed by atoms with Gasteiger partial charge in [0.25, 0.3) is 0 Å². The first-order chi connectivity index (χ1) is 6.99. The van der Waals surface area contributed by atoms with Crippen LogP contribution in [0.1, 0.15) is 12.5 Å². The number of hydrogen-bond acceptors (Lipinski definition) is 2. The van der Waals surface area contributed by atoms with Crippen LogP contribution in [0.5, 0.6) is 0 Å². The van der Waals surface area contributed by atoms with Gasteiger partial charge in [-0.05, 0) is 33.2 Å². The van der Waals surface area contributed by atoms with E-state index in [0.717, 1.165) is 5.56 Å². The van der Waals surface area contributed by atoms with Crippen molar-refractivity contribution in [3.63, 3.8) is 0 Å². The average Bonchev–Trinajstić information content (AvgIpc) is 2.15. The zero-order chi connectivity index (χ0) is 11.3. The zero-order valence-electron chi connectivity index (χ0n) is 9.49. The average molecular weight is 203 g/mol. The molecule has 0 radical (unpaired) electrons. The van der Waals surface area contributed by atoms with E-state index in [1.807, 2.05) is 49.3 Å². The van der Waals surface area contributed by atoms with Crippen LogP contribution in [0.2, 0.25) is 0 Å². The fourth-order valence-corrected chi connectivity index (χ4v) is 1.38. The second kappa shape index (κ2) is 4.97. The van der Waals surface area contributed by atoms with Gasteiger partial charge in [-0.15, -0.1) is 0 Å². The number of benzene rings is 1. The minimum absolute atomic E-state index is 0.535. The third kappa shape index (κ3) is 4.64. The van der Waals surface area contributed by atoms with E-state index in [2.05, 4.69) is 11.8 Å². The summed E-state index contributed by atoms with van der Waals surface area (Å²) in [6.07, 6.45) is 0. The first-order valence-electron chi connectivity index (χ1n) is 4.95. The summed E-state index contributed by atoms with van der Waals surface area (Å²) < 4.78 is 0. The van der Waals surface area contributed by atoms with Crippen LogP contribution in [0.15, 0.2) is 30.3 Å². The molecule has 0 aliphatic rings. The maximum absolute atomic E-state index is 9.93. The third-order valence-electron chi connectivity index (χ3n) is 1.87. The molecule has 0 amide bonds. The van der Waals surface area contributed by atoms with Crippen molar-refractivity contribution < 1.29 is 5.11 Å². The Morgan fingerprint density at radius 2 is 1.87 bits per heavy atom. The molecule has 0 heterocycles. The molecule has 0 spiro atoms. The number of nitrogens with zero attached hydrogens (tertiary/aromatic N) is 1. The summed E-state index contributed by atoms with van der Waals surface area (Å²) in [4.78, 5) is 1.92. The van der Waals surface area contributed by atoms with Crippen LogP contribution in [-0.2, 0) is 0 Å². The smallest absolute Gasteiger partial charge is 0.135 e. The molecule has 1 N–H and O–H groups in total. The standard InChI is InChI=1S/C13H17NO/c1-13(15,11-14(2)3)10-9-12-7-5-4-6-8-12/h4-8,15H,11H2,1-3H3. The second-order valence-corrected chi connectivity index (χ2v) is 4.13. The predicted octanol–water partition coefficient (Wildman–Crippen LogP) is 1.35. The molecule has 15 heavy (non-hydrogen) atoms. The van der Waals surface area contributed by atoms with Gasteiger partial charge in [0.1, 0.15) is 5.60 Å². The molecule has 80 valence electrons. The van der Waals surface area contributed by atoms with Gasteiger partial charge in [0.05, 0.1) is 0 Å². The molecule has 1 unspecified atom stereocenters. The molecule has 0 aromatic heterocycles. The van der Waals surface area contributed by atoms with Crippen LogP contribution in [0, 0.1) is 11.8 Å². The maximum atomic E-state index is 9.93. The van der Waals surface area contributed by atoms with E-state index in [1.54, 1.807) is 6.92 Å². The van der Waals surface area contributed by atoms with Crippen molar-refractivity contribution in [3.8, 4) is 11.8 Å². The Hall–Kier alpha value is -1.30. The molecule has 0 aliphatic carbocycles. The minimum atomic E-state index is -0.959. The highest BCUT2D eigenvalue weighted by Crippen LogP contribution is 2.03. The SMILES string of the molecule is CN(C)CC(C)(O)C#Cc1ccccc1. The Kier molecular flexibility index (Phi) is 3.90. The van der Waals surface area contributed by atoms with Crippen molar-refractivity contribution in [3.05, 3.63) is 35.9 Å². The van der Waals surface area contributed by atoms with Crippen LogP contribution in [0.25, 0.3) is 0 Å². The van der Waals surface area contributed by atoms with Gasteiger partial charge in [0, 0.05) is 12.1 Å². The fourth-order valence-electron chi connectivity index (χ4n) is 1.38. The summed E-state index contributed by atoms with van der Waals surface area (Å²) in [6.45, 7) is 2.26. The monoisotopic (exact) mass is 203 g/mol. The molecule has 0 saturated carbocycles. The fraction of sp³-hybridized carbons (Fsp3) is 0.385. The van der Waals surface area contributed by atoms with Crippen molar-refractivity contribution in [2.75, 3.05) is 20.6 Å². The summed E-state index contributed by atoms with van der Waals surface area (Å²) >= 11 is 0. The third-order valence-corrected chi connectivity index (χ3v) is 1.87. The highest BCUT2D eigenvalue weighted by molar-refractivity contribution is 5.35. The van der Waals surface area contributed by atoms with Gasteiger partial charge in [0.2, 0.25) is 0 Å². The Morgan fingerprint density at radius 3 is 2.40 bits per heavy atom. The van der Waals surface area contributed by atoms with Crippen LogP contribution >= 0.6 is 0 Å². The first-order valence-corrected chi connectivity index (χ1v) is 4.95. The van der Waals surface area contributed by atoms with E-state index in [4.69, 9.17) is 0 Å². The molecule has 0 fully saturated rings. The molecule has 0 bridgehead atoms. The van der Waals surface area contributed by atoms with Crippen molar-refractivity contribution in [2.45, 2.75) is 12.5 Å². The van der Waals surface area contributed by atoms with Gasteiger partial charge in [-0.2, -0.15) is 0 Å². The molecule has 1 atom stereocenters. The number of rotatable bonds is 2. The lowest BCUT2D eigenvalue weighted by atomic mass is 10.1. The normalized spacial score (nSPS) is 14.2. The zero-order valence-corrected chi connectivity index (χ0v) is 9.49. The van der Waals surface area contributed by atoms with Crippen LogP contribution in [0.3, 0.4) is 0 Å². The summed E-state index contributed by atoms with van der Waals surface area (Å²) in [5.74, 6) is 5.83. The molecule has 0 saturated heterocycles. The van der Waals surface area contributed by atoms with Crippen LogP contribution in [0.4, 0.5) is 0 Å². The summed E-state index contributed by atoms with van der Waals surface area (Å²) in [5.41, 5.74) is -0.0316. The molecule has 2 heteroatoms. The lowest BCUT2D eigenvalue weighted by Crippen LogP contribution is -2.35. The van der Waals surface area contributed by atoms with Gasteiger partial charge in [-0.25, -0.2) is 0 Å². The largest absolute Gasteiger partial charge is 0.377 e. The molecule has 1 aromatic carbocycles. The Labute approximate surface area is 91.5 Å². The highest BCUT2D eigenvalue weighted by atomic mass is 16.3. The van der Waals surface area contributed by atoms with Crippen molar-refractivity contribution in [1.82, 2.24) is 4.90 Å². The second-order valence-electron chi connectivity index (χ2n) is 4.13. The Balaban J connectivity index is 2.73. The lowest BCUT2D eigenvalue weighted by molar-refractivity contribution is 0.0891. The van der Waals surface area contributed by atoms with E-state index < -0.39 is 5.60 Å². The van der Waals surface area contributed by atoms with Gasteiger partial charge in [0.15, 0.2) is 0 Å². The molecular formula is C13H17NO. The minimum Gasteiger partial charge on any atom is -0.377 e.